The van der Waals surface area contributed by atoms with Crippen molar-refractivity contribution < 1.29 is 23.0 Å². The number of aromatic nitrogens is 1. The molecule has 0 bridgehead atoms. The third-order valence-corrected chi connectivity index (χ3v) is 5.01. The number of carbonyl (C=O) groups is 1. The van der Waals surface area contributed by atoms with Crippen LogP contribution in [0.3, 0.4) is 0 Å². The highest BCUT2D eigenvalue weighted by atomic mass is 32.1. The first-order chi connectivity index (χ1) is 10.6. The Morgan fingerprint density at radius 3 is 2.91 bits per heavy atom. The van der Waals surface area contributed by atoms with Crippen LogP contribution in [0.1, 0.15) is 46.7 Å². The second-order valence-electron chi connectivity index (χ2n) is 5.55. The van der Waals surface area contributed by atoms with Gasteiger partial charge in [-0.05, 0) is 12.8 Å². The van der Waals surface area contributed by atoms with E-state index in [-0.39, 0.29) is 18.9 Å². The summed E-state index contributed by atoms with van der Waals surface area (Å²) in [5, 5.41) is 3.17. The van der Waals surface area contributed by atoms with Gasteiger partial charge in [-0.15, -0.1) is 11.3 Å². The molecule has 1 atom stereocenters. The number of halogens is 2. The number of ether oxygens (including phenoxy) is 2. The van der Waals surface area contributed by atoms with Gasteiger partial charge in [0.25, 0.3) is 11.8 Å². The van der Waals surface area contributed by atoms with Crippen molar-refractivity contribution in [3.63, 3.8) is 0 Å². The molecule has 1 aromatic rings. The number of carbonyl (C=O) groups excluding carboxylic acids is 1. The number of nitrogens with zero attached hydrogens (tertiary/aromatic N) is 1. The summed E-state index contributed by atoms with van der Waals surface area (Å²) >= 11 is 1.16. The van der Waals surface area contributed by atoms with Gasteiger partial charge in [0.1, 0.15) is 9.88 Å². The fraction of sp³-hybridized carbons (Fsp3) is 0.714. The molecule has 0 spiro atoms. The summed E-state index contributed by atoms with van der Waals surface area (Å²) in [7, 11) is 0. The van der Waals surface area contributed by atoms with Gasteiger partial charge in [-0.25, -0.2) is 13.8 Å². The SMILES string of the molecule is O=C(NC[C@H]1CCCCC1(F)F)c1cnc(C2OCCO2)s1. The maximum atomic E-state index is 13.7. The van der Waals surface area contributed by atoms with E-state index in [4.69, 9.17) is 9.47 Å². The number of nitrogens with one attached hydrogen (secondary N) is 1. The third kappa shape index (κ3) is 3.44. The normalized spacial score (nSPS) is 25.3. The van der Waals surface area contributed by atoms with Crippen LogP contribution in [-0.4, -0.2) is 36.6 Å². The maximum Gasteiger partial charge on any atom is 0.263 e. The molecule has 1 saturated heterocycles. The molecule has 22 heavy (non-hydrogen) atoms. The van der Waals surface area contributed by atoms with E-state index in [1.807, 2.05) is 0 Å². The lowest BCUT2D eigenvalue weighted by Crippen LogP contribution is -2.40. The van der Waals surface area contributed by atoms with Crippen LogP contribution in [-0.2, 0) is 9.47 Å². The van der Waals surface area contributed by atoms with Crippen molar-refractivity contribution in [3.05, 3.63) is 16.1 Å². The average molecular weight is 332 g/mol. The zero-order valence-corrected chi connectivity index (χ0v) is 12.8. The minimum absolute atomic E-state index is 0.00447. The Morgan fingerprint density at radius 1 is 1.41 bits per heavy atom. The molecule has 2 aliphatic rings. The van der Waals surface area contributed by atoms with E-state index in [2.05, 4.69) is 10.3 Å². The Kier molecular flexibility index (Phi) is 4.70. The van der Waals surface area contributed by atoms with Gasteiger partial charge in [0.15, 0.2) is 0 Å². The number of hydrogen-bond acceptors (Lipinski definition) is 5. The summed E-state index contributed by atoms with van der Waals surface area (Å²) in [6.07, 6.45) is 2.61. The lowest BCUT2D eigenvalue weighted by atomic mass is 9.85. The van der Waals surface area contributed by atoms with Crippen LogP contribution in [0.25, 0.3) is 0 Å². The van der Waals surface area contributed by atoms with Gasteiger partial charge in [-0.3, -0.25) is 4.79 Å². The Bertz CT molecular complexity index is 532. The van der Waals surface area contributed by atoms with Crippen LogP contribution >= 0.6 is 11.3 Å². The van der Waals surface area contributed by atoms with Crippen molar-refractivity contribution in [3.8, 4) is 0 Å². The number of hydrogen-bond donors (Lipinski definition) is 1. The summed E-state index contributed by atoms with van der Waals surface area (Å²) in [5.74, 6) is -3.84. The molecule has 1 aliphatic carbocycles. The zero-order chi connectivity index (χ0) is 15.6. The first kappa shape index (κ1) is 15.8. The molecular formula is C14H18F2N2O3S. The molecule has 0 unspecified atom stereocenters. The Hall–Kier alpha value is -1.12. The van der Waals surface area contributed by atoms with Gasteiger partial charge in [-0.2, -0.15) is 0 Å². The fourth-order valence-electron chi connectivity index (χ4n) is 2.72. The highest BCUT2D eigenvalue weighted by Crippen LogP contribution is 2.38. The molecule has 2 heterocycles. The summed E-state index contributed by atoms with van der Waals surface area (Å²) in [4.78, 5) is 16.5. The maximum absolute atomic E-state index is 13.7. The molecule has 2 fully saturated rings. The minimum atomic E-state index is -2.68. The summed E-state index contributed by atoms with van der Waals surface area (Å²) in [5.41, 5.74) is 0. The molecule has 122 valence electrons. The Labute approximate surface area is 131 Å². The van der Waals surface area contributed by atoms with Gasteiger partial charge in [0, 0.05) is 18.9 Å². The molecule has 8 heteroatoms. The van der Waals surface area contributed by atoms with E-state index in [1.165, 1.54) is 6.20 Å². The molecule has 0 aromatic carbocycles. The van der Waals surface area contributed by atoms with Crippen LogP contribution in [0, 0.1) is 5.92 Å². The average Bonchev–Trinajstić information content (AvgIpc) is 3.16. The smallest absolute Gasteiger partial charge is 0.263 e. The van der Waals surface area contributed by atoms with Gasteiger partial charge in [0.2, 0.25) is 6.29 Å². The Balaban J connectivity index is 1.55. The molecule has 3 rings (SSSR count). The van der Waals surface area contributed by atoms with Crippen molar-refractivity contribution in [1.29, 1.82) is 0 Å². The molecule has 1 amide bonds. The molecule has 1 aliphatic heterocycles. The quantitative estimate of drug-likeness (QED) is 0.921. The molecule has 0 radical (unpaired) electrons. The predicted octanol–water partition coefficient (Wildman–Crippen LogP) is 2.74. The van der Waals surface area contributed by atoms with E-state index in [1.54, 1.807) is 0 Å². The second kappa shape index (κ2) is 6.55. The zero-order valence-electron chi connectivity index (χ0n) is 12.0. The van der Waals surface area contributed by atoms with Gasteiger partial charge < -0.3 is 14.8 Å². The second-order valence-corrected chi connectivity index (χ2v) is 6.61. The van der Waals surface area contributed by atoms with Crippen molar-refractivity contribution >= 4 is 17.2 Å². The van der Waals surface area contributed by atoms with Crippen LogP contribution in [0.2, 0.25) is 0 Å². The molecule has 1 N–H and O–H groups in total. The Morgan fingerprint density at radius 2 is 2.18 bits per heavy atom. The number of thiazole rings is 1. The van der Waals surface area contributed by atoms with E-state index in [9.17, 15) is 13.6 Å². The van der Waals surface area contributed by atoms with Gasteiger partial charge in [-0.1, -0.05) is 6.42 Å². The summed E-state index contributed by atoms with van der Waals surface area (Å²) in [6.45, 7) is 1.00. The first-order valence-electron chi connectivity index (χ1n) is 7.41. The number of rotatable bonds is 4. The first-order valence-corrected chi connectivity index (χ1v) is 8.23. The van der Waals surface area contributed by atoms with E-state index >= 15 is 0 Å². The standard InChI is InChI=1S/C14H18F2N2O3S/c15-14(16)4-2-1-3-9(14)7-17-11(19)10-8-18-12(22-10)13-20-5-6-21-13/h8-9,13H,1-7H2,(H,17,19)/t9-/m1/s1. The highest BCUT2D eigenvalue weighted by molar-refractivity contribution is 7.13. The van der Waals surface area contributed by atoms with Crippen molar-refractivity contribution in [2.24, 2.45) is 5.92 Å². The van der Waals surface area contributed by atoms with Crippen molar-refractivity contribution in [2.75, 3.05) is 19.8 Å². The highest BCUT2D eigenvalue weighted by Gasteiger charge is 2.41. The molecule has 1 saturated carbocycles. The topological polar surface area (TPSA) is 60.5 Å². The van der Waals surface area contributed by atoms with Crippen molar-refractivity contribution in [2.45, 2.75) is 37.9 Å². The summed E-state index contributed by atoms with van der Waals surface area (Å²) in [6, 6.07) is 0. The van der Waals surface area contributed by atoms with Crippen LogP contribution in [0.4, 0.5) is 8.78 Å². The van der Waals surface area contributed by atoms with E-state index in [0.29, 0.717) is 35.9 Å². The predicted molar refractivity (Wildman–Crippen MR) is 76.0 cm³/mol. The van der Waals surface area contributed by atoms with Crippen LogP contribution in [0.15, 0.2) is 6.20 Å². The molecule has 1 aromatic heterocycles. The van der Waals surface area contributed by atoms with E-state index in [0.717, 1.165) is 17.8 Å². The van der Waals surface area contributed by atoms with Crippen LogP contribution in [0.5, 0.6) is 0 Å². The lowest BCUT2D eigenvalue weighted by molar-refractivity contribution is -0.0835. The molecular weight excluding hydrogens is 314 g/mol. The number of amides is 1. The van der Waals surface area contributed by atoms with E-state index < -0.39 is 18.1 Å². The van der Waals surface area contributed by atoms with Gasteiger partial charge in [0.05, 0.1) is 19.4 Å². The van der Waals surface area contributed by atoms with Crippen molar-refractivity contribution in [1.82, 2.24) is 10.3 Å². The minimum Gasteiger partial charge on any atom is -0.351 e. The largest absolute Gasteiger partial charge is 0.351 e. The molecule has 5 nitrogen and oxygen atoms in total. The summed E-state index contributed by atoms with van der Waals surface area (Å²) < 4.78 is 38.1. The van der Waals surface area contributed by atoms with Gasteiger partial charge >= 0.3 is 0 Å². The third-order valence-electron chi connectivity index (χ3n) is 3.99. The monoisotopic (exact) mass is 332 g/mol. The number of alkyl halides is 2. The fourth-order valence-corrected chi connectivity index (χ4v) is 3.56. The lowest BCUT2D eigenvalue weighted by Gasteiger charge is -2.31. The van der Waals surface area contributed by atoms with Crippen LogP contribution < -0.4 is 5.32 Å².